The molecule has 1 aromatic heterocycles. The zero-order valence-corrected chi connectivity index (χ0v) is 19.6. The molecule has 0 amide bonds. The summed E-state index contributed by atoms with van der Waals surface area (Å²) >= 11 is 5.87. The minimum atomic E-state index is -3.95. The topological polar surface area (TPSA) is 62.4 Å². The third-order valence-electron chi connectivity index (χ3n) is 4.83. The number of nitrogens with one attached hydrogen (secondary N) is 1. The second-order valence-corrected chi connectivity index (χ2v) is 9.06. The Bertz CT molecular complexity index is 1040. The van der Waals surface area contributed by atoms with Gasteiger partial charge in [0.2, 0.25) is 0 Å². The summed E-state index contributed by atoms with van der Waals surface area (Å²) in [6.45, 7) is 7.41. The van der Waals surface area contributed by atoms with Crippen LogP contribution in [0.15, 0.2) is 53.6 Å². The molecule has 2 aromatic carbocycles. The average Bonchev–Trinajstić information content (AvgIpc) is 3.11. The molecule has 5 nitrogen and oxygen atoms in total. The molecule has 1 N–H and O–H groups in total. The van der Waals surface area contributed by atoms with Crippen molar-refractivity contribution in [1.82, 2.24) is 9.88 Å². The summed E-state index contributed by atoms with van der Waals surface area (Å²) in [7, 11) is -3.95. The molecule has 8 heteroatoms. The Labute approximate surface area is 189 Å². The third-order valence-corrected chi connectivity index (χ3v) is 6.33. The van der Waals surface area contributed by atoms with E-state index >= 15 is 0 Å². The molecule has 0 radical (unpaired) electrons. The first-order chi connectivity index (χ1) is 13.9. The second-order valence-electron chi connectivity index (χ2n) is 7.08. The number of aromatic amines is 1. The summed E-state index contributed by atoms with van der Waals surface area (Å²) in [5.74, 6) is 0.339. The molecule has 3 rings (SSSR count). The first kappa shape index (κ1) is 24.5. The van der Waals surface area contributed by atoms with E-state index in [1.807, 2.05) is 12.3 Å². The largest absolute Gasteiger partial charge is 0.378 e. The predicted molar refractivity (Wildman–Crippen MR) is 126 cm³/mol. The lowest BCUT2D eigenvalue weighted by Gasteiger charge is -2.20. The first-order valence-electron chi connectivity index (χ1n) is 9.96. The molecule has 0 bridgehead atoms. The van der Waals surface area contributed by atoms with Crippen molar-refractivity contribution in [2.45, 2.75) is 38.0 Å². The molecule has 0 atom stereocenters. The van der Waals surface area contributed by atoms with Crippen LogP contribution in [0.3, 0.4) is 0 Å². The molecule has 0 saturated heterocycles. The summed E-state index contributed by atoms with van der Waals surface area (Å²) in [4.78, 5) is 5.75. The highest BCUT2D eigenvalue weighted by Gasteiger charge is 2.20. The normalized spacial score (nSPS) is 11.6. The molecule has 0 aliphatic carbocycles. The SMILES string of the molecule is CCCN(CCC)CCc1c[nH]c2cccc(OS(=O)(=O)c3ccc(Cl)cc3)c12.Cl. The minimum absolute atomic E-state index is 0. The van der Waals surface area contributed by atoms with E-state index in [1.165, 1.54) is 24.3 Å². The maximum Gasteiger partial charge on any atom is 0.339 e. The van der Waals surface area contributed by atoms with Gasteiger partial charge < -0.3 is 14.1 Å². The number of benzene rings is 2. The Morgan fingerprint density at radius 1 is 1.00 bits per heavy atom. The summed E-state index contributed by atoms with van der Waals surface area (Å²) in [5.41, 5.74) is 1.92. The highest BCUT2D eigenvalue weighted by atomic mass is 35.5. The molecule has 30 heavy (non-hydrogen) atoms. The Balaban J connectivity index is 0.00000320. The Morgan fingerprint density at radius 3 is 2.30 bits per heavy atom. The number of hydrogen-bond donors (Lipinski definition) is 1. The zero-order chi connectivity index (χ0) is 20.9. The number of aromatic nitrogens is 1. The number of fused-ring (bicyclic) bond motifs is 1. The van der Waals surface area contributed by atoms with Crippen molar-refractivity contribution in [3.8, 4) is 5.75 Å². The van der Waals surface area contributed by atoms with Crippen LogP contribution >= 0.6 is 24.0 Å². The van der Waals surface area contributed by atoms with E-state index in [0.717, 1.165) is 55.4 Å². The fourth-order valence-corrected chi connectivity index (χ4v) is 4.57. The number of halogens is 2. The van der Waals surface area contributed by atoms with Gasteiger partial charge in [0, 0.05) is 28.7 Å². The Morgan fingerprint density at radius 2 is 1.67 bits per heavy atom. The van der Waals surface area contributed by atoms with Gasteiger partial charge in [-0.05, 0) is 74.3 Å². The first-order valence-corrected chi connectivity index (χ1v) is 11.7. The van der Waals surface area contributed by atoms with Crippen LogP contribution in [0.2, 0.25) is 5.02 Å². The smallest absolute Gasteiger partial charge is 0.339 e. The van der Waals surface area contributed by atoms with Crippen LogP contribution in [-0.4, -0.2) is 37.9 Å². The summed E-state index contributed by atoms with van der Waals surface area (Å²) in [6, 6.07) is 11.4. The molecule has 0 spiro atoms. The molecule has 3 aromatic rings. The fraction of sp³-hybridized carbons (Fsp3) is 0.364. The zero-order valence-electron chi connectivity index (χ0n) is 17.2. The highest BCUT2D eigenvalue weighted by Crippen LogP contribution is 2.31. The third kappa shape index (κ3) is 5.91. The van der Waals surface area contributed by atoms with E-state index in [9.17, 15) is 8.42 Å². The fourth-order valence-electron chi connectivity index (χ4n) is 3.50. The second kappa shape index (κ2) is 11.0. The quantitative estimate of drug-likeness (QED) is 0.387. The Hall–Kier alpha value is -1.73. The molecule has 0 saturated carbocycles. The molecule has 0 aliphatic heterocycles. The van der Waals surface area contributed by atoms with Crippen molar-refractivity contribution in [3.63, 3.8) is 0 Å². The molecule has 1 heterocycles. The van der Waals surface area contributed by atoms with Crippen LogP contribution in [0.1, 0.15) is 32.3 Å². The monoisotopic (exact) mass is 470 g/mol. The van der Waals surface area contributed by atoms with Gasteiger partial charge in [0.15, 0.2) is 5.75 Å². The lowest BCUT2D eigenvalue weighted by atomic mass is 10.1. The van der Waals surface area contributed by atoms with Crippen LogP contribution < -0.4 is 4.18 Å². The molecule has 0 unspecified atom stereocenters. The van der Waals surface area contributed by atoms with Crippen molar-refractivity contribution in [1.29, 1.82) is 0 Å². The summed E-state index contributed by atoms with van der Waals surface area (Å²) in [6.07, 6.45) is 4.99. The number of nitrogens with zero attached hydrogens (tertiary/aromatic N) is 1. The van der Waals surface area contributed by atoms with Crippen molar-refractivity contribution in [2.75, 3.05) is 19.6 Å². The molecular formula is C22H28Cl2N2O3S. The molecule has 0 fully saturated rings. The van der Waals surface area contributed by atoms with E-state index in [-0.39, 0.29) is 17.3 Å². The van der Waals surface area contributed by atoms with Gasteiger partial charge in [0.25, 0.3) is 0 Å². The number of H-pyrrole nitrogens is 1. The van der Waals surface area contributed by atoms with Gasteiger partial charge in [0.1, 0.15) is 4.90 Å². The van der Waals surface area contributed by atoms with Crippen molar-refractivity contribution < 1.29 is 12.6 Å². The van der Waals surface area contributed by atoms with Crippen molar-refractivity contribution in [3.05, 3.63) is 59.2 Å². The van der Waals surface area contributed by atoms with E-state index < -0.39 is 10.1 Å². The highest BCUT2D eigenvalue weighted by molar-refractivity contribution is 7.87. The van der Waals surface area contributed by atoms with Gasteiger partial charge in [0.05, 0.1) is 0 Å². The van der Waals surface area contributed by atoms with E-state index in [0.29, 0.717) is 10.8 Å². The van der Waals surface area contributed by atoms with E-state index in [1.54, 1.807) is 12.1 Å². The van der Waals surface area contributed by atoms with Gasteiger partial charge in [-0.25, -0.2) is 0 Å². The number of rotatable bonds is 10. The maximum absolute atomic E-state index is 12.7. The van der Waals surface area contributed by atoms with Gasteiger partial charge in [-0.2, -0.15) is 8.42 Å². The average molecular weight is 471 g/mol. The van der Waals surface area contributed by atoms with Crippen LogP contribution in [0.5, 0.6) is 5.75 Å². The predicted octanol–water partition coefficient (Wildman–Crippen LogP) is 5.68. The van der Waals surface area contributed by atoms with Crippen molar-refractivity contribution in [2.24, 2.45) is 0 Å². The van der Waals surface area contributed by atoms with Gasteiger partial charge >= 0.3 is 10.1 Å². The standard InChI is InChI=1S/C22H27ClN2O3S.ClH/c1-3-13-25(14-4-2)15-12-17-16-24-20-6-5-7-21(22(17)20)28-29(26,27)19-10-8-18(23)9-11-19;/h5-11,16,24H,3-4,12-15H2,1-2H3;1H. The number of hydrogen-bond acceptors (Lipinski definition) is 4. The summed E-state index contributed by atoms with van der Waals surface area (Å²) < 4.78 is 31.0. The van der Waals surface area contributed by atoms with Crippen molar-refractivity contribution >= 4 is 45.0 Å². The van der Waals surface area contributed by atoms with E-state index in [2.05, 4.69) is 23.7 Å². The van der Waals surface area contributed by atoms with Gasteiger partial charge in [-0.1, -0.05) is 31.5 Å². The summed E-state index contributed by atoms with van der Waals surface area (Å²) in [5, 5.41) is 1.29. The van der Waals surface area contributed by atoms with Gasteiger partial charge in [-0.15, -0.1) is 12.4 Å². The minimum Gasteiger partial charge on any atom is -0.378 e. The molecule has 0 aliphatic rings. The van der Waals surface area contributed by atoms with Crippen LogP contribution in [0, 0.1) is 0 Å². The van der Waals surface area contributed by atoms with Gasteiger partial charge in [-0.3, -0.25) is 0 Å². The van der Waals surface area contributed by atoms with Crippen LogP contribution in [0.25, 0.3) is 10.9 Å². The molecule has 164 valence electrons. The lowest BCUT2D eigenvalue weighted by Crippen LogP contribution is -2.27. The lowest BCUT2D eigenvalue weighted by molar-refractivity contribution is 0.278. The Kier molecular flexibility index (Phi) is 9.04. The van der Waals surface area contributed by atoms with E-state index in [4.69, 9.17) is 15.8 Å². The maximum atomic E-state index is 12.7. The van der Waals surface area contributed by atoms with Crippen LogP contribution in [-0.2, 0) is 16.5 Å². The van der Waals surface area contributed by atoms with Crippen LogP contribution in [0.4, 0.5) is 0 Å². The molecular weight excluding hydrogens is 443 g/mol.